The van der Waals surface area contributed by atoms with Gasteiger partial charge in [-0.25, -0.2) is 13.1 Å². The van der Waals surface area contributed by atoms with Gasteiger partial charge in [0.2, 0.25) is 15.9 Å². The number of carbonyl (C=O) groups excluding carboxylic acids is 1. The minimum Gasteiger partial charge on any atom is -0.353 e. The molecule has 1 fully saturated rings. The molecule has 0 bridgehead atoms. The van der Waals surface area contributed by atoms with E-state index in [4.69, 9.17) is 0 Å². The molecule has 23 heavy (non-hydrogen) atoms. The number of aryl methyl sites for hydroxylation is 1. The van der Waals surface area contributed by atoms with Crippen LogP contribution >= 0.6 is 0 Å². The van der Waals surface area contributed by atoms with E-state index < -0.39 is 10.0 Å². The molecule has 0 unspecified atom stereocenters. The second-order valence-electron chi connectivity index (χ2n) is 6.29. The maximum atomic E-state index is 12.1. The van der Waals surface area contributed by atoms with Gasteiger partial charge in [-0.15, -0.1) is 0 Å². The highest BCUT2D eigenvalue weighted by Crippen LogP contribution is 2.23. The summed E-state index contributed by atoms with van der Waals surface area (Å²) >= 11 is 0. The molecule has 128 valence electrons. The summed E-state index contributed by atoms with van der Waals surface area (Å²) in [5, 5.41) is 3.14. The molecule has 6 heteroatoms. The summed E-state index contributed by atoms with van der Waals surface area (Å²) in [4.78, 5) is 12.3. The Bertz CT molecular complexity index is 626. The molecule has 0 aliphatic heterocycles. The summed E-state index contributed by atoms with van der Waals surface area (Å²) < 4.78 is 25.6. The van der Waals surface area contributed by atoms with Gasteiger partial charge in [0.15, 0.2) is 0 Å². The van der Waals surface area contributed by atoms with Gasteiger partial charge in [0.1, 0.15) is 0 Å². The number of hydrogen-bond acceptors (Lipinski definition) is 3. The first-order chi connectivity index (χ1) is 10.9. The lowest BCUT2D eigenvalue weighted by Gasteiger charge is -2.29. The molecule has 1 aliphatic rings. The Morgan fingerprint density at radius 1 is 1.17 bits per heavy atom. The Hall–Kier alpha value is -1.40. The van der Waals surface area contributed by atoms with E-state index in [0.29, 0.717) is 24.8 Å². The van der Waals surface area contributed by atoms with Crippen LogP contribution in [0.4, 0.5) is 0 Å². The van der Waals surface area contributed by atoms with Gasteiger partial charge in [0.05, 0.1) is 4.90 Å². The van der Waals surface area contributed by atoms with Crippen molar-refractivity contribution in [3.63, 3.8) is 0 Å². The molecule has 1 aliphatic carbocycles. The van der Waals surface area contributed by atoms with Gasteiger partial charge < -0.3 is 5.32 Å². The Balaban J connectivity index is 1.84. The minimum absolute atomic E-state index is 0.0793. The van der Waals surface area contributed by atoms with Crippen LogP contribution in [0.3, 0.4) is 0 Å². The van der Waals surface area contributed by atoms with Crippen molar-refractivity contribution < 1.29 is 13.2 Å². The van der Waals surface area contributed by atoms with E-state index in [1.54, 1.807) is 24.3 Å². The van der Waals surface area contributed by atoms with Crippen molar-refractivity contribution in [3.05, 3.63) is 29.8 Å². The van der Waals surface area contributed by atoms with Crippen LogP contribution in [0.1, 0.15) is 44.6 Å². The maximum absolute atomic E-state index is 12.1. The fourth-order valence-electron chi connectivity index (χ4n) is 3.02. The van der Waals surface area contributed by atoms with Gasteiger partial charge in [-0.05, 0) is 49.9 Å². The number of amides is 1. The molecule has 0 spiro atoms. The van der Waals surface area contributed by atoms with Crippen molar-refractivity contribution in [1.82, 2.24) is 10.0 Å². The van der Waals surface area contributed by atoms with Crippen molar-refractivity contribution in [2.24, 2.45) is 5.92 Å². The molecule has 2 N–H and O–H groups in total. The molecule has 0 saturated heterocycles. The van der Waals surface area contributed by atoms with E-state index in [-0.39, 0.29) is 10.8 Å². The lowest BCUT2D eigenvalue weighted by Crippen LogP contribution is -2.41. The Morgan fingerprint density at radius 3 is 2.43 bits per heavy atom. The second-order valence-corrected chi connectivity index (χ2v) is 8.17. The lowest BCUT2D eigenvalue weighted by molar-refractivity contribution is -0.122. The van der Waals surface area contributed by atoms with Crippen molar-refractivity contribution in [3.8, 4) is 0 Å². The molecule has 1 amide bonds. The predicted molar refractivity (Wildman–Crippen MR) is 90.6 cm³/mol. The fraction of sp³-hybridized carbons (Fsp3) is 0.588. The maximum Gasteiger partial charge on any atom is 0.240 e. The van der Waals surface area contributed by atoms with Crippen molar-refractivity contribution in [1.29, 1.82) is 0 Å². The van der Waals surface area contributed by atoms with Gasteiger partial charge in [-0.1, -0.05) is 31.9 Å². The van der Waals surface area contributed by atoms with E-state index >= 15 is 0 Å². The molecule has 1 aromatic carbocycles. The predicted octanol–water partition coefficient (Wildman–Crippen LogP) is 2.22. The Labute approximate surface area is 138 Å². The summed E-state index contributed by atoms with van der Waals surface area (Å²) in [5.41, 5.74) is 0.965. The van der Waals surface area contributed by atoms with Crippen LogP contribution in [0, 0.1) is 5.92 Å². The van der Waals surface area contributed by atoms with Crippen LogP contribution in [0.2, 0.25) is 0 Å². The van der Waals surface area contributed by atoms with Crippen molar-refractivity contribution in [2.75, 3.05) is 7.05 Å². The van der Waals surface area contributed by atoms with Gasteiger partial charge >= 0.3 is 0 Å². The summed E-state index contributed by atoms with van der Waals surface area (Å²) in [5.74, 6) is 0.634. The van der Waals surface area contributed by atoms with Gasteiger partial charge in [-0.2, -0.15) is 0 Å². The Kier molecular flexibility index (Phi) is 6.18. The van der Waals surface area contributed by atoms with Crippen molar-refractivity contribution in [2.45, 2.75) is 56.4 Å². The molecule has 1 aromatic rings. The molecular formula is C17H26N2O3S. The van der Waals surface area contributed by atoms with E-state index in [0.717, 1.165) is 12.0 Å². The van der Waals surface area contributed by atoms with E-state index in [9.17, 15) is 13.2 Å². The third-order valence-corrected chi connectivity index (χ3v) is 6.03. The smallest absolute Gasteiger partial charge is 0.240 e. The average Bonchev–Trinajstić information content (AvgIpc) is 2.55. The van der Waals surface area contributed by atoms with Crippen molar-refractivity contribution >= 4 is 15.9 Å². The Morgan fingerprint density at radius 2 is 1.83 bits per heavy atom. The third kappa shape index (κ3) is 5.04. The van der Waals surface area contributed by atoms with Crippen LogP contribution in [-0.4, -0.2) is 27.4 Å². The number of hydrogen-bond donors (Lipinski definition) is 2. The first-order valence-electron chi connectivity index (χ1n) is 8.24. The van der Waals surface area contributed by atoms with Crippen LogP contribution < -0.4 is 10.0 Å². The average molecular weight is 338 g/mol. The largest absolute Gasteiger partial charge is 0.353 e. The molecule has 0 radical (unpaired) electrons. The number of benzene rings is 1. The molecule has 0 heterocycles. The highest BCUT2D eigenvalue weighted by Gasteiger charge is 2.22. The topological polar surface area (TPSA) is 75.3 Å². The zero-order valence-electron chi connectivity index (χ0n) is 13.8. The quantitative estimate of drug-likeness (QED) is 0.835. The van der Waals surface area contributed by atoms with E-state index in [1.807, 2.05) is 0 Å². The molecule has 5 nitrogen and oxygen atoms in total. The van der Waals surface area contributed by atoms with Crippen LogP contribution in [0.15, 0.2) is 29.2 Å². The number of rotatable bonds is 6. The van der Waals surface area contributed by atoms with Crippen LogP contribution in [0.5, 0.6) is 0 Å². The zero-order chi connectivity index (χ0) is 16.9. The monoisotopic (exact) mass is 338 g/mol. The lowest BCUT2D eigenvalue weighted by atomic mass is 9.86. The highest BCUT2D eigenvalue weighted by atomic mass is 32.2. The van der Waals surface area contributed by atoms with Crippen LogP contribution in [0.25, 0.3) is 0 Å². The SMILES string of the molecule is CNS(=O)(=O)c1ccc(CCC(=O)N[C@@H]2CCCC[C@@H]2C)cc1. The molecule has 2 atom stereocenters. The number of nitrogens with one attached hydrogen (secondary N) is 2. The van der Waals surface area contributed by atoms with Gasteiger partial charge in [0, 0.05) is 12.5 Å². The summed E-state index contributed by atoms with van der Waals surface area (Å²) in [6.45, 7) is 2.20. The van der Waals surface area contributed by atoms with Gasteiger partial charge in [0.25, 0.3) is 0 Å². The molecule has 1 saturated carbocycles. The molecule has 2 rings (SSSR count). The summed E-state index contributed by atoms with van der Waals surface area (Å²) in [6, 6.07) is 6.98. The zero-order valence-corrected chi connectivity index (χ0v) is 14.7. The number of carbonyl (C=O) groups is 1. The standard InChI is InChI=1S/C17H26N2O3S/c1-13-5-3-4-6-16(13)19-17(20)12-9-14-7-10-15(11-8-14)23(21,22)18-2/h7-8,10-11,13,16,18H,3-6,9,12H2,1-2H3,(H,19,20)/t13-,16+/m0/s1. The summed E-state index contributed by atoms with van der Waals surface area (Å²) in [6.07, 6.45) is 5.76. The van der Waals surface area contributed by atoms with Gasteiger partial charge in [-0.3, -0.25) is 4.79 Å². The van der Waals surface area contributed by atoms with E-state index in [2.05, 4.69) is 17.0 Å². The minimum atomic E-state index is -3.40. The van der Waals surface area contributed by atoms with E-state index in [1.165, 1.54) is 26.3 Å². The first-order valence-corrected chi connectivity index (χ1v) is 9.72. The second kappa shape index (κ2) is 7.93. The third-order valence-electron chi connectivity index (χ3n) is 4.60. The van der Waals surface area contributed by atoms with Crippen LogP contribution in [-0.2, 0) is 21.2 Å². The first kappa shape index (κ1) is 17.9. The summed E-state index contributed by atoms with van der Waals surface area (Å²) in [7, 11) is -2.01. The molecule has 0 aromatic heterocycles. The molecular weight excluding hydrogens is 312 g/mol. The fourth-order valence-corrected chi connectivity index (χ4v) is 3.75. The highest BCUT2D eigenvalue weighted by molar-refractivity contribution is 7.89. The normalized spacial score (nSPS) is 21.8. The number of sulfonamides is 1.